The lowest BCUT2D eigenvalue weighted by molar-refractivity contribution is -0.152. The Kier molecular flexibility index (Phi) is 5.88. The second-order valence-corrected chi connectivity index (χ2v) is 8.10. The van der Waals surface area contributed by atoms with Crippen LogP contribution < -0.4 is 5.32 Å². The number of piperidine rings is 1. The smallest absolute Gasteiger partial charge is 0.254 e. The van der Waals surface area contributed by atoms with E-state index in [0.29, 0.717) is 19.6 Å². The van der Waals surface area contributed by atoms with E-state index in [2.05, 4.69) is 5.32 Å². The van der Waals surface area contributed by atoms with E-state index in [1.54, 1.807) is 27.9 Å². The van der Waals surface area contributed by atoms with Crippen LogP contribution in [0.1, 0.15) is 56.6 Å². The molecule has 1 atom stereocenters. The van der Waals surface area contributed by atoms with Gasteiger partial charge in [0.25, 0.3) is 5.91 Å². The van der Waals surface area contributed by atoms with Gasteiger partial charge in [-0.1, -0.05) is 0 Å². The third kappa shape index (κ3) is 3.97. The predicted molar refractivity (Wildman–Crippen MR) is 106 cm³/mol. The number of hydrogen-bond donors (Lipinski definition) is 1. The summed E-state index contributed by atoms with van der Waals surface area (Å²) in [5.41, 5.74) is 1.18. The molecule has 0 spiro atoms. The number of rotatable bonds is 4. The summed E-state index contributed by atoms with van der Waals surface area (Å²) in [5.74, 6) is 1.75. The van der Waals surface area contributed by atoms with E-state index in [-0.39, 0.29) is 17.7 Å². The number of carbonyl (C=O) groups is 2. The highest BCUT2D eigenvalue weighted by atomic mass is 16.5. The fraction of sp³-hybridized carbons (Fsp3) is 0.700. The SMILES string of the molecule is CNc1nc([C@@H]2CCCN(C(=O)C(C)(C)OC)C2)nc2c1CN(C(C)=O)CC2. The second-order valence-electron chi connectivity index (χ2n) is 8.10. The number of hydrogen-bond acceptors (Lipinski definition) is 6. The molecule has 1 aromatic heterocycles. The van der Waals surface area contributed by atoms with Crippen molar-refractivity contribution in [2.45, 2.75) is 58.1 Å². The minimum atomic E-state index is -0.828. The van der Waals surface area contributed by atoms with Crippen molar-refractivity contribution < 1.29 is 14.3 Å². The van der Waals surface area contributed by atoms with Crippen LogP contribution in [0.4, 0.5) is 5.82 Å². The molecule has 1 saturated heterocycles. The summed E-state index contributed by atoms with van der Waals surface area (Å²) in [7, 11) is 3.41. The Morgan fingerprint density at radius 2 is 1.96 bits per heavy atom. The number of amides is 2. The first-order valence-electron chi connectivity index (χ1n) is 9.94. The third-order valence-corrected chi connectivity index (χ3v) is 5.86. The van der Waals surface area contributed by atoms with Gasteiger partial charge in [-0.2, -0.15) is 0 Å². The van der Waals surface area contributed by atoms with Crippen LogP contribution in [0.5, 0.6) is 0 Å². The molecule has 154 valence electrons. The van der Waals surface area contributed by atoms with Crippen LogP contribution in [0.25, 0.3) is 0 Å². The molecule has 8 nitrogen and oxygen atoms in total. The molecule has 3 heterocycles. The first-order chi connectivity index (χ1) is 13.3. The molecule has 2 aliphatic heterocycles. The van der Waals surface area contributed by atoms with Gasteiger partial charge in [0.1, 0.15) is 17.2 Å². The van der Waals surface area contributed by atoms with Gasteiger partial charge in [-0.15, -0.1) is 0 Å². The van der Waals surface area contributed by atoms with Gasteiger partial charge in [0, 0.05) is 58.6 Å². The average molecular weight is 390 g/mol. The standard InChI is InChI=1S/C20H31N5O3/c1-13(26)24-10-8-16-15(12-24)18(21-4)23-17(22-16)14-7-6-9-25(11-14)19(27)20(2,3)28-5/h14H,6-12H2,1-5H3,(H,21,22,23)/t14-/m1/s1. The lowest BCUT2D eigenvalue weighted by Crippen LogP contribution is -2.49. The van der Waals surface area contributed by atoms with Crippen molar-refractivity contribution in [3.63, 3.8) is 0 Å². The summed E-state index contributed by atoms with van der Waals surface area (Å²) in [6, 6.07) is 0. The van der Waals surface area contributed by atoms with Gasteiger partial charge in [-0.3, -0.25) is 9.59 Å². The van der Waals surface area contributed by atoms with E-state index in [1.807, 2.05) is 16.8 Å². The first-order valence-corrected chi connectivity index (χ1v) is 9.94. The number of carbonyl (C=O) groups excluding carboxylic acids is 2. The van der Waals surface area contributed by atoms with Crippen LogP contribution in [0, 0.1) is 0 Å². The summed E-state index contributed by atoms with van der Waals surface area (Å²) in [5, 5.41) is 3.17. The Labute approximate surface area is 166 Å². The quantitative estimate of drug-likeness (QED) is 0.841. The molecule has 0 unspecified atom stereocenters. The van der Waals surface area contributed by atoms with Gasteiger partial charge in [0.05, 0.1) is 12.2 Å². The van der Waals surface area contributed by atoms with Crippen LogP contribution >= 0.6 is 0 Å². The molecule has 0 radical (unpaired) electrons. The number of aromatic nitrogens is 2. The fourth-order valence-corrected chi connectivity index (χ4v) is 3.93. The highest BCUT2D eigenvalue weighted by molar-refractivity contribution is 5.84. The van der Waals surface area contributed by atoms with Gasteiger partial charge >= 0.3 is 0 Å². The minimum absolute atomic E-state index is 0.00333. The Hall–Kier alpha value is -2.22. The van der Waals surface area contributed by atoms with Crippen LogP contribution in [-0.4, -0.2) is 71.0 Å². The lowest BCUT2D eigenvalue weighted by atomic mass is 9.94. The monoisotopic (exact) mass is 389 g/mol. The largest absolute Gasteiger partial charge is 0.373 e. The number of methoxy groups -OCH3 is 1. The maximum absolute atomic E-state index is 12.8. The maximum atomic E-state index is 12.8. The Bertz CT molecular complexity index is 747. The highest BCUT2D eigenvalue weighted by Crippen LogP contribution is 2.30. The van der Waals surface area contributed by atoms with Crippen LogP contribution in [0.2, 0.25) is 0 Å². The zero-order valence-electron chi connectivity index (χ0n) is 17.5. The number of ether oxygens (including phenoxy) is 1. The van der Waals surface area contributed by atoms with Crippen molar-refractivity contribution in [3.05, 3.63) is 17.1 Å². The number of nitrogens with one attached hydrogen (secondary N) is 1. The molecule has 8 heteroatoms. The van der Waals surface area contributed by atoms with Crippen LogP contribution in [-0.2, 0) is 27.3 Å². The van der Waals surface area contributed by atoms with Crippen molar-refractivity contribution in [2.75, 3.05) is 39.1 Å². The summed E-state index contributed by atoms with van der Waals surface area (Å²) in [4.78, 5) is 37.9. The number of anilines is 1. The van der Waals surface area contributed by atoms with Gasteiger partial charge in [-0.25, -0.2) is 9.97 Å². The second kappa shape index (κ2) is 8.03. The zero-order valence-corrected chi connectivity index (χ0v) is 17.5. The molecule has 0 saturated carbocycles. The van der Waals surface area contributed by atoms with Gasteiger partial charge in [0.2, 0.25) is 5.91 Å². The summed E-state index contributed by atoms with van der Waals surface area (Å²) in [6.07, 6.45) is 2.60. The van der Waals surface area contributed by atoms with Crippen molar-refractivity contribution in [1.29, 1.82) is 0 Å². The van der Waals surface area contributed by atoms with E-state index in [1.165, 1.54) is 0 Å². The van der Waals surface area contributed by atoms with Gasteiger partial charge in [0.15, 0.2) is 0 Å². The Balaban J connectivity index is 1.84. The number of nitrogens with zero attached hydrogens (tertiary/aromatic N) is 4. The molecule has 2 aliphatic rings. The summed E-state index contributed by atoms with van der Waals surface area (Å²) >= 11 is 0. The van der Waals surface area contributed by atoms with Crippen molar-refractivity contribution in [2.24, 2.45) is 0 Å². The number of fused-ring (bicyclic) bond motifs is 1. The van der Waals surface area contributed by atoms with E-state index in [9.17, 15) is 9.59 Å². The molecule has 1 aromatic rings. The van der Waals surface area contributed by atoms with E-state index in [4.69, 9.17) is 14.7 Å². The van der Waals surface area contributed by atoms with Crippen LogP contribution in [0.3, 0.4) is 0 Å². The van der Waals surface area contributed by atoms with E-state index in [0.717, 1.165) is 48.7 Å². The molecule has 0 aromatic carbocycles. The molecule has 2 amide bonds. The molecule has 1 N–H and O–H groups in total. The summed E-state index contributed by atoms with van der Waals surface area (Å²) in [6.45, 7) is 7.75. The zero-order chi connectivity index (χ0) is 20.5. The highest BCUT2D eigenvalue weighted by Gasteiger charge is 2.36. The Morgan fingerprint density at radius 3 is 2.61 bits per heavy atom. The first kappa shape index (κ1) is 20.5. The normalized spacial score (nSPS) is 20.0. The fourth-order valence-electron chi connectivity index (χ4n) is 3.93. The molecule has 1 fully saturated rings. The maximum Gasteiger partial charge on any atom is 0.254 e. The third-order valence-electron chi connectivity index (χ3n) is 5.86. The van der Waals surface area contributed by atoms with Crippen LogP contribution in [0.15, 0.2) is 0 Å². The number of likely N-dealkylation sites (tertiary alicyclic amines) is 1. The van der Waals surface area contributed by atoms with Crippen molar-refractivity contribution in [1.82, 2.24) is 19.8 Å². The molecular formula is C20H31N5O3. The van der Waals surface area contributed by atoms with E-state index >= 15 is 0 Å². The predicted octanol–water partition coefficient (Wildman–Crippen LogP) is 1.55. The van der Waals surface area contributed by atoms with Gasteiger partial charge < -0.3 is 19.9 Å². The summed E-state index contributed by atoms with van der Waals surface area (Å²) < 4.78 is 5.37. The molecule has 28 heavy (non-hydrogen) atoms. The topological polar surface area (TPSA) is 87.7 Å². The van der Waals surface area contributed by atoms with Gasteiger partial charge in [-0.05, 0) is 26.7 Å². The minimum Gasteiger partial charge on any atom is -0.373 e. The molecule has 3 rings (SSSR count). The lowest BCUT2D eigenvalue weighted by Gasteiger charge is -2.37. The molecular weight excluding hydrogens is 358 g/mol. The van der Waals surface area contributed by atoms with Crippen molar-refractivity contribution >= 4 is 17.6 Å². The Morgan fingerprint density at radius 1 is 1.21 bits per heavy atom. The average Bonchev–Trinajstić information content (AvgIpc) is 2.71. The molecule has 0 aliphatic carbocycles. The van der Waals surface area contributed by atoms with Crippen molar-refractivity contribution in [3.8, 4) is 0 Å². The van der Waals surface area contributed by atoms with E-state index < -0.39 is 5.60 Å². The molecule has 0 bridgehead atoms.